The highest BCUT2D eigenvalue weighted by Gasteiger charge is 2.14. The molecule has 0 aliphatic rings. The molecule has 2 aromatic rings. The second kappa shape index (κ2) is 6.72. The van der Waals surface area contributed by atoms with Crippen molar-refractivity contribution >= 4 is 11.4 Å². The van der Waals surface area contributed by atoms with Crippen LogP contribution < -0.4 is 10.6 Å². The fourth-order valence-corrected chi connectivity index (χ4v) is 2.66. The second-order valence-electron chi connectivity index (χ2n) is 5.50. The van der Waals surface area contributed by atoms with Crippen molar-refractivity contribution in [2.75, 3.05) is 11.4 Å². The molecule has 2 nitrogen and oxygen atoms in total. The van der Waals surface area contributed by atoms with Crippen molar-refractivity contribution in [3.05, 3.63) is 59.4 Å². The quantitative estimate of drug-likeness (QED) is 0.893. The van der Waals surface area contributed by atoms with Crippen LogP contribution >= 0.6 is 0 Å². The molecule has 2 N–H and O–H groups in total. The highest BCUT2D eigenvalue weighted by atomic mass is 19.1. The van der Waals surface area contributed by atoms with Crippen molar-refractivity contribution in [3.8, 4) is 0 Å². The highest BCUT2D eigenvalue weighted by Crippen LogP contribution is 2.30. The van der Waals surface area contributed by atoms with Crippen LogP contribution in [0.25, 0.3) is 0 Å². The molecule has 0 heterocycles. The SMILES string of the molecule is CCN(c1ccc(CC(C)N)cc1C)c1ccccc1F. The minimum atomic E-state index is -0.196. The molecule has 0 radical (unpaired) electrons. The Kier molecular flexibility index (Phi) is 4.97. The van der Waals surface area contributed by atoms with E-state index in [9.17, 15) is 4.39 Å². The molecule has 21 heavy (non-hydrogen) atoms. The van der Waals surface area contributed by atoms with Crippen molar-refractivity contribution in [2.24, 2.45) is 5.73 Å². The summed E-state index contributed by atoms with van der Waals surface area (Å²) < 4.78 is 14.0. The first kappa shape index (κ1) is 15.5. The van der Waals surface area contributed by atoms with Crippen molar-refractivity contribution in [1.29, 1.82) is 0 Å². The summed E-state index contributed by atoms with van der Waals surface area (Å²) in [6.45, 7) is 6.81. The molecule has 0 fully saturated rings. The van der Waals surface area contributed by atoms with Crippen LogP contribution in [0.15, 0.2) is 42.5 Å². The van der Waals surface area contributed by atoms with Gasteiger partial charge in [-0.2, -0.15) is 0 Å². The Hall–Kier alpha value is -1.87. The maximum atomic E-state index is 14.0. The van der Waals surface area contributed by atoms with E-state index in [2.05, 4.69) is 25.1 Å². The van der Waals surface area contributed by atoms with Gasteiger partial charge in [0.25, 0.3) is 0 Å². The topological polar surface area (TPSA) is 29.3 Å². The summed E-state index contributed by atoms with van der Waals surface area (Å²) in [5.74, 6) is -0.196. The summed E-state index contributed by atoms with van der Waals surface area (Å²) in [5.41, 5.74) is 9.86. The lowest BCUT2D eigenvalue weighted by molar-refractivity contribution is 0.625. The second-order valence-corrected chi connectivity index (χ2v) is 5.50. The number of nitrogens with zero attached hydrogens (tertiary/aromatic N) is 1. The zero-order valence-corrected chi connectivity index (χ0v) is 12.9. The summed E-state index contributed by atoms with van der Waals surface area (Å²) >= 11 is 0. The van der Waals surface area contributed by atoms with Crippen LogP contribution in [0.1, 0.15) is 25.0 Å². The summed E-state index contributed by atoms with van der Waals surface area (Å²) in [7, 11) is 0. The van der Waals surface area contributed by atoms with Crippen LogP contribution in [-0.4, -0.2) is 12.6 Å². The summed E-state index contributed by atoms with van der Waals surface area (Å²) in [5, 5.41) is 0. The fourth-order valence-electron chi connectivity index (χ4n) is 2.66. The van der Waals surface area contributed by atoms with Gasteiger partial charge in [-0.3, -0.25) is 0 Å². The lowest BCUT2D eigenvalue weighted by atomic mass is 10.0. The molecule has 2 aromatic carbocycles. The Morgan fingerprint density at radius 1 is 1.14 bits per heavy atom. The van der Waals surface area contributed by atoms with E-state index >= 15 is 0 Å². The number of rotatable bonds is 5. The smallest absolute Gasteiger partial charge is 0.146 e. The molecular weight excluding hydrogens is 263 g/mol. The van der Waals surface area contributed by atoms with Crippen LogP contribution in [0.4, 0.5) is 15.8 Å². The van der Waals surface area contributed by atoms with Crippen LogP contribution in [0, 0.1) is 12.7 Å². The molecule has 2 rings (SSSR count). The number of nitrogens with two attached hydrogens (primary N) is 1. The van der Waals surface area contributed by atoms with Gasteiger partial charge in [0.15, 0.2) is 0 Å². The monoisotopic (exact) mass is 286 g/mol. The molecule has 0 spiro atoms. The van der Waals surface area contributed by atoms with Gasteiger partial charge in [0.1, 0.15) is 5.82 Å². The average Bonchev–Trinajstić information content (AvgIpc) is 2.43. The van der Waals surface area contributed by atoms with E-state index in [1.165, 1.54) is 11.6 Å². The molecule has 112 valence electrons. The third-order valence-electron chi connectivity index (χ3n) is 3.57. The highest BCUT2D eigenvalue weighted by molar-refractivity contribution is 5.67. The Morgan fingerprint density at radius 3 is 2.43 bits per heavy atom. The van der Waals surface area contributed by atoms with Gasteiger partial charge < -0.3 is 10.6 Å². The predicted octanol–water partition coefficient (Wildman–Crippen LogP) is 4.18. The molecule has 3 heteroatoms. The average molecular weight is 286 g/mol. The molecular formula is C18H23FN2. The number of para-hydroxylation sites is 1. The first-order valence-electron chi connectivity index (χ1n) is 7.40. The Morgan fingerprint density at radius 2 is 1.86 bits per heavy atom. The summed E-state index contributed by atoms with van der Waals surface area (Å²) in [6, 6.07) is 13.3. The molecule has 0 aliphatic heterocycles. The van der Waals surface area contributed by atoms with Crippen LogP contribution in [-0.2, 0) is 6.42 Å². The molecule has 0 aromatic heterocycles. The zero-order valence-electron chi connectivity index (χ0n) is 12.9. The van der Waals surface area contributed by atoms with Gasteiger partial charge in [-0.25, -0.2) is 4.39 Å². The number of hydrogen-bond acceptors (Lipinski definition) is 2. The third kappa shape index (κ3) is 3.61. The Balaban J connectivity index is 2.37. The van der Waals surface area contributed by atoms with E-state index in [0.717, 1.165) is 17.7 Å². The molecule has 0 aliphatic carbocycles. The van der Waals surface area contributed by atoms with E-state index < -0.39 is 0 Å². The van der Waals surface area contributed by atoms with Gasteiger partial charge in [-0.1, -0.05) is 24.3 Å². The van der Waals surface area contributed by atoms with Gasteiger partial charge in [0.2, 0.25) is 0 Å². The van der Waals surface area contributed by atoms with Gasteiger partial charge >= 0.3 is 0 Å². The Labute approximate surface area is 126 Å². The summed E-state index contributed by atoms with van der Waals surface area (Å²) in [6.07, 6.45) is 0.854. The molecule has 1 atom stereocenters. The number of benzene rings is 2. The van der Waals surface area contributed by atoms with Gasteiger partial charge in [-0.15, -0.1) is 0 Å². The largest absolute Gasteiger partial charge is 0.339 e. The number of anilines is 2. The van der Waals surface area contributed by atoms with Crippen LogP contribution in [0.3, 0.4) is 0 Å². The molecule has 1 unspecified atom stereocenters. The van der Waals surface area contributed by atoms with E-state index in [1.54, 1.807) is 6.07 Å². The minimum absolute atomic E-state index is 0.143. The number of hydrogen-bond donors (Lipinski definition) is 1. The van der Waals surface area contributed by atoms with Crippen LogP contribution in [0.5, 0.6) is 0 Å². The standard InChI is InChI=1S/C18H23FN2/c1-4-21(18-8-6-5-7-16(18)19)17-10-9-15(11-13(17)2)12-14(3)20/h5-11,14H,4,12,20H2,1-3H3. The number of aryl methyl sites for hydroxylation is 1. The normalized spacial score (nSPS) is 12.2. The first-order chi connectivity index (χ1) is 10.0. The van der Waals surface area contributed by atoms with Crippen molar-refractivity contribution in [1.82, 2.24) is 0 Å². The molecule has 0 saturated carbocycles. The van der Waals surface area contributed by atoms with Crippen molar-refractivity contribution in [3.63, 3.8) is 0 Å². The number of halogens is 1. The van der Waals surface area contributed by atoms with Crippen molar-refractivity contribution < 1.29 is 4.39 Å². The van der Waals surface area contributed by atoms with E-state index in [4.69, 9.17) is 5.73 Å². The first-order valence-corrected chi connectivity index (χ1v) is 7.40. The summed E-state index contributed by atoms with van der Waals surface area (Å²) in [4.78, 5) is 2.00. The van der Waals surface area contributed by atoms with Crippen molar-refractivity contribution in [2.45, 2.75) is 33.2 Å². The van der Waals surface area contributed by atoms with Gasteiger partial charge in [0, 0.05) is 18.3 Å². The predicted molar refractivity (Wildman–Crippen MR) is 87.6 cm³/mol. The molecule has 0 saturated heterocycles. The van der Waals surface area contributed by atoms with Gasteiger partial charge in [0.05, 0.1) is 5.69 Å². The maximum absolute atomic E-state index is 14.0. The van der Waals surface area contributed by atoms with E-state index in [-0.39, 0.29) is 11.9 Å². The lowest BCUT2D eigenvalue weighted by Gasteiger charge is -2.26. The molecule has 0 amide bonds. The maximum Gasteiger partial charge on any atom is 0.146 e. The molecule has 0 bridgehead atoms. The third-order valence-corrected chi connectivity index (χ3v) is 3.57. The zero-order chi connectivity index (χ0) is 15.4. The van der Waals surface area contributed by atoms with E-state index in [0.29, 0.717) is 12.2 Å². The van der Waals surface area contributed by atoms with E-state index in [1.807, 2.05) is 30.9 Å². The van der Waals surface area contributed by atoms with Gasteiger partial charge in [-0.05, 0) is 56.5 Å². The Bertz CT molecular complexity index is 608. The minimum Gasteiger partial charge on any atom is -0.339 e. The fraction of sp³-hybridized carbons (Fsp3) is 0.333. The lowest BCUT2D eigenvalue weighted by Crippen LogP contribution is -2.20. The van der Waals surface area contributed by atoms with Crippen LogP contribution in [0.2, 0.25) is 0 Å².